The molecule has 2 heterocycles. The van der Waals surface area contributed by atoms with Crippen molar-refractivity contribution in [1.82, 2.24) is 4.90 Å². The number of carbonyl (C=O) groups is 2. The third kappa shape index (κ3) is 5.53. The van der Waals surface area contributed by atoms with E-state index in [-0.39, 0.29) is 16.5 Å². The molecule has 5 rings (SSSR count). The second kappa shape index (κ2) is 10.5. The summed E-state index contributed by atoms with van der Waals surface area (Å²) in [5.41, 5.74) is 3.45. The van der Waals surface area contributed by atoms with E-state index in [1.807, 2.05) is 61.5 Å². The van der Waals surface area contributed by atoms with Gasteiger partial charge in [0.05, 0.1) is 27.7 Å². The molecule has 1 saturated heterocycles. The van der Waals surface area contributed by atoms with Gasteiger partial charge in [0, 0.05) is 11.6 Å². The van der Waals surface area contributed by atoms with Crippen LogP contribution in [0.3, 0.4) is 0 Å². The van der Waals surface area contributed by atoms with Crippen LogP contribution in [0.15, 0.2) is 99.2 Å². The standard InChI is InChI=1S/C29H21ClN2O4S/c1-18-7-10-21(11-8-18)31-29-32(17-19-5-3-2-4-6-19)27(33)26(37-29)16-22-12-14-25(36-22)20-9-13-24(30)23(15-20)28(34)35/h2-16H,17H2,1H3,(H,34,35)/b26-16+,31-29?. The van der Waals surface area contributed by atoms with Crippen molar-refractivity contribution in [2.24, 2.45) is 4.99 Å². The summed E-state index contributed by atoms with van der Waals surface area (Å²) in [6.45, 7) is 2.40. The van der Waals surface area contributed by atoms with Gasteiger partial charge in [-0.05, 0) is 66.7 Å². The van der Waals surface area contributed by atoms with Gasteiger partial charge < -0.3 is 9.52 Å². The lowest BCUT2D eigenvalue weighted by Gasteiger charge is -2.15. The Bertz CT molecular complexity index is 1540. The van der Waals surface area contributed by atoms with Crippen molar-refractivity contribution in [2.75, 3.05) is 0 Å². The number of hydrogen-bond acceptors (Lipinski definition) is 5. The maximum absolute atomic E-state index is 13.4. The molecule has 8 heteroatoms. The highest BCUT2D eigenvalue weighted by Crippen LogP contribution is 2.36. The number of carboxylic acid groups (broad SMARTS) is 1. The molecule has 3 aromatic carbocycles. The fraction of sp³-hybridized carbons (Fsp3) is 0.0690. The van der Waals surface area contributed by atoms with Gasteiger partial charge in [0.2, 0.25) is 0 Å². The molecule has 1 N–H and O–H groups in total. The number of aromatic carboxylic acids is 1. The van der Waals surface area contributed by atoms with Crippen LogP contribution in [-0.2, 0) is 11.3 Å². The highest BCUT2D eigenvalue weighted by molar-refractivity contribution is 8.18. The van der Waals surface area contributed by atoms with Crippen LogP contribution in [0.25, 0.3) is 17.4 Å². The van der Waals surface area contributed by atoms with E-state index in [2.05, 4.69) is 0 Å². The SMILES string of the molecule is Cc1ccc(N=C2S/C(=C/c3ccc(-c4ccc(Cl)c(C(=O)O)c4)o3)C(=O)N2Cc2ccccc2)cc1. The Morgan fingerprint density at radius 1 is 1.05 bits per heavy atom. The van der Waals surface area contributed by atoms with Crippen molar-refractivity contribution in [3.63, 3.8) is 0 Å². The van der Waals surface area contributed by atoms with Gasteiger partial charge in [-0.25, -0.2) is 9.79 Å². The summed E-state index contributed by atoms with van der Waals surface area (Å²) in [7, 11) is 0. The molecule has 1 aliphatic rings. The molecule has 1 amide bonds. The van der Waals surface area contributed by atoms with Gasteiger partial charge in [-0.15, -0.1) is 0 Å². The van der Waals surface area contributed by atoms with Crippen LogP contribution in [0.4, 0.5) is 5.69 Å². The van der Waals surface area contributed by atoms with Gasteiger partial charge in [0.15, 0.2) is 5.17 Å². The number of furan rings is 1. The summed E-state index contributed by atoms with van der Waals surface area (Å²) >= 11 is 7.27. The monoisotopic (exact) mass is 528 g/mol. The Morgan fingerprint density at radius 2 is 1.81 bits per heavy atom. The average molecular weight is 529 g/mol. The topological polar surface area (TPSA) is 83.1 Å². The van der Waals surface area contributed by atoms with Crippen molar-refractivity contribution in [2.45, 2.75) is 13.5 Å². The van der Waals surface area contributed by atoms with Gasteiger partial charge in [0.1, 0.15) is 11.5 Å². The maximum Gasteiger partial charge on any atom is 0.337 e. The number of benzene rings is 3. The minimum Gasteiger partial charge on any atom is -0.478 e. The fourth-order valence-electron chi connectivity index (χ4n) is 3.78. The maximum atomic E-state index is 13.4. The summed E-state index contributed by atoms with van der Waals surface area (Å²) in [5, 5.41) is 10.1. The highest BCUT2D eigenvalue weighted by Gasteiger charge is 2.33. The normalized spacial score (nSPS) is 15.6. The van der Waals surface area contributed by atoms with Gasteiger partial charge in [0.25, 0.3) is 5.91 Å². The Labute approximate surface area is 222 Å². The van der Waals surface area contributed by atoms with Crippen LogP contribution in [0.2, 0.25) is 5.02 Å². The van der Waals surface area contributed by atoms with E-state index in [1.165, 1.54) is 23.9 Å². The number of carbonyl (C=O) groups excluding carboxylic acids is 1. The largest absolute Gasteiger partial charge is 0.478 e. The van der Waals surface area contributed by atoms with Crippen LogP contribution in [0, 0.1) is 6.92 Å². The van der Waals surface area contributed by atoms with E-state index in [0.29, 0.717) is 33.7 Å². The van der Waals surface area contributed by atoms with Crippen LogP contribution in [0.5, 0.6) is 0 Å². The molecule has 1 aliphatic heterocycles. The highest BCUT2D eigenvalue weighted by atomic mass is 35.5. The number of carboxylic acids is 1. The van der Waals surface area contributed by atoms with Gasteiger partial charge in [-0.1, -0.05) is 59.6 Å². The van der Waals surface area contributed by atoms with Crippen molar-refractivity contribution in [1.29, 1.82) is 0 Å². The van der Waals surface area contributed by atoms with Crippen LogP contribution >= 0.6 is 23.4 Å². The molecular formula is C29H21ClN2O4S. The van der Waals surface area contributed by atoms with E-state index >= 15 is 0 Å². The summed E-state index contributed by atoms with van der Waals surface area (Å²) in [6, 6.07) is 25.7. The van der Waals surface area contributed by atoms with E-state index in [4.69, 9.17) is 21.0 Å². The first-order valence-corrected chi connectivity index (χ1v) is 12.6. The number of thioether (sulfide) groups is 1. The predicted octanol–water partition coefficient (Wildman–Crippen LogP) is 7.41. The summed E-state index contributed by atoms with van der Waals surface area (Å²) in [5.74, 6) is -0.352. The van der Waals surface area contributed by atoms with Crippen LogP contribution < -0.4 is 0 Å². The number of hydrogen-bond donors (Lipinski definition) is 1. The molecule has 1 fully saturated rings. The molecule has 37 heavy (non-hydrogen) atoms. The van der Waals surface area contributed by atoms with Gasteiger partial charge in [-0.2, -0.15) is 0 Å². The minimum absolute atomic E-state index is 0.00879. The lowest BCUT2D eigenvalue weighted by Crippen LogP contribution is -2.28. The second-order valence-corrected chi connectivity index (χ2v) is 9.84. The van der Waals surface area contributed by atoms with Crippen LogP contribution in [0.1, 0.15) is 27.2 Å². The molecule has 4 aromatic rings. The zero-order chi connectivity index (χ0) is 25.9. The smallest absolute Gasteiger partial charge is 0.337 e. The van der Waals surface area contributed by atoms with E-state index in [1.54, 1.807) is 29.2 Å². The van der Waals surface area contributed by atoms with E-state index in [9.17, 15) is 14.7 Å². The number of amides is 1. The van der Waals surface area contributed by atoms with Crippen molar-refractivity contribution in [3.8, 4) is 11.3 Å². The van der Waals surface area contributed by atoms with Crippen molar-refractivity contribution in [3.05, 3.63) is 117 Å². The molecule has 0 saturated carbocycles. The van der Waals surface area contributed by atoms with Crippen molar-refractivity contribution < 1.29 is 19.1 Å². The summed E-state index contributed by atoms with van der Waals surface area (Å²) in [6.07, 6.45) is 1.68. The van der Waals surface area contributed by atoms with E-state index in [0.717, 1.165) is 16.8 Å². The molecule has 0 unspecified atom stereocenters. The molecule has 1 aromatic heterocycles. The zero-order valence-corrected chi connectivity index (χ0v) is 21.3. The lowest BCUT2D eigenvalue weighted by atomic mass is 10.1. The number of nitrogens with zero attached hydrogens (tertiary/aromatic N) is 2. The first-order chi connectivity index (χ1) is 17.9. The Morgan fingerprint density at radius 3 is 2.54 bits per heavy atom. The molecule has 0 spiro atoms. The molecule has 0 atom stereocenters. The summed E-state index contributed by atoms with van der Waals surface area (Å²) in [4.78, 5) is 31.8. The van der Waals surface area contributed by atoms with E-state index < -0.39 is 5.97 Å². The number of rotatable bonds is 6. The molecule has 184 valence electrons. The minimum atomic E-state index is -1.12. The number of aliphatic imine (C=N–C) groups is 1. The number of amidine groups is 1. The Hall–Kier alpha value is -4.07. The predicted molar refractivity (Wildman–Crippen MR) is 147 cm³/mol. The average Bonchev–Trinajstić information content (AvgIpc) is 3.47. The molecule has 0 radical (unpaired) electrons. The Balaban J connectivity index is 1.46. The van der Waals surface area contributed by atoms with Gasteiger partial charge >= 0.3 is 5.97 Å². The molecule has 0 aliphatic carbocycles. The van der Waals surface area contributed by atoms with Crippen LogP contribution in [-0.4, -0.2) is 27.1 Å². The first kappa shape index (κ1) is 24.6. The quantitative estimate of drug-likeness (QED) is 0.263. The Kier molecular flexibility index (Phi) is 6.99. The fourth-order valence-corrected chi connectivity index (χ4v) is 4.96. The van der Waals surface area contributed by atoms with Crippen molar-refractivity contribution >= 4 is 52.2 Å². The zero-order valence-electron chi connectivity index (χ0n) is 19.7. The molecular weight excluding hydrogens is 508 g/mol. The number of aryl methyl sites for hydroxylation is 1. The third-order valence-electron chi connectivity index (χ3n) is 5.71. The second-order valence-electron chi connectivity index (χ2n) is 8.42. The molecule has 0 bridgehead atoms. The number of halogens is 1. The molecule has 6 nitrogen and oxygen atoms in total. The van der Waals surface area contributed by atoms with Gasteiger partial charge in [-0.3, -0.25) is 9.69 Å². The summed E-state index contributed by atoms with van der Waals surface area (Å²) < 4.78 is 5.94. The lowest BCUT2D eigenvalue weighted by molar-refractivity contribution is -0.122. The third-order valence-corrected chi connectivity index (χ3v) is 7.05. The first-order valence-electron chi connectivity index (χ1n) is 11.4.